The highest BCUT2D eigenvalue weighted by atomic mass is 19.1. The summed E-state index contributed by atoms with van der Waals surface area (Å²) >= 11 is 0. The minimum atomic E-state index is -1.22. The van der Waals surface area contributed by atoms with Crippen molar-refractivity contribution in [2.24, 2.45) is 5.92 Å². The highest BCUT2D eigenvalue weighted by Gasteiger charge is 2.69. The zero-order valence-corrected chi connectivity index (χ0v) is 18.4. The van der Waals surface area contributed by atoms with E-state index in [-0.39, 0.29) is 23.7 Å². The molecule has 3 aromatic rings. The van der Waals surface area contributed by atoms with Crippen LogP contribution in [0.3, 0.4) is 0 Å². The van der Waals surface area contributed by atoms with E-state index in [2.05, 4.69) is 22.3 Å². The van der Waals surface area contributed by atoms with Gasteiger partial charge in [-0.05, 0) is 50.1 Å². The van der Waals surface area contributed by atoms with Crippen LogP contribution in [-0.2, 0) is 10.3 Å². The van der Waals surface area contributed by atoms with Gasteiger partial charge in [-0.1, -0.05) is 60.2 Å². The SMILES string of the molecule is Cc1ccc(C(=O)C2C(c3ccccc3)C3CCCN3[C@@]23C(=O)Nc2ccc(F)cc23)cc1. The number of Topliss-reactive ketones (excluding diaryl/α,β-unsaturated/α-hetero) is 1. The minimum absolute atomic E-state index is 0.0340. The summed E-state index contributed by atoms with van der Waals surface area (Å²) in [5.41, 5.74) is 2.67. The van der Waals surface area contributed by atoms with E-state index >= 15 is 0 Å². The number of halogens is 1. The Morgan fingerprint density at radius 3 is 2.58 bits per heavy atom. The molecule has 0 aromatic heterocycles. The molecule has 3 heterocycles. The van der Waals surface area contributed by atoms with E-state index in [9.17, 15) is 14.0 Å². The second kappa shape index (κ2) is 7.35. The maximum Gasteiger partial charge on any atom is 0.250 e. The molecule has 0 radical (unpaired) electrons. The molecule has 1 amide bonds. The highest BCUT2D eigenvalue weighted by Crippen LogP contribution is 2.61. The number of aryl methyl sites for hydroxylation is 1. The van der Waals surface area contributed by atoms with Gasteiger partial charge in [0, 0.05) is 28.8 Å². The van der Waals surface area contributed by atoms with Crippen molar-refractivity contribution in [1.82, 2.24) is 4.90 Å². The number of carbonyl (C=O) groups excluding carboxylic acids is 2. The Bertz CT molecular complexity index is 1260. The standard InChI is InChI=1S/C28H25FN2O2/c1-17-9-11-19(12-10-17)26(32)25-24(18-6-3-2-4-7-18)23-8-5-15-31(23)28(25)21-16-20(29)13-14-22(21)30-27(28)33/h2-4,6-7,9-14,16,23-25H,5,8,15H2,1H3,(H,30,33)/t23?,24?,25?,28-/m1/s1. The summed E-state index contributed by atoms with van der Waals surface area (Å²) in [4.78, 5) is 30.3. The van der Waals surface area contributed by atoms with Gasteiger partial charge in [-0.2, -0.15) is 0 Å². The van der Waals surface area contributed by atoms with Crippen LogP contribution in [0.15, 0.2) is 72.8 Å². The monoisotopic (exact) mass is 440 g/mol. The number of amides is 1. The van der Waals surface area contributed by atoms with Crippen molar-refractivity contribution >= 4 is 17.4 Å². The molecule has 1 N–H and O–H groups in total. The normalized spacial score (nSPS) is 28.1. The van der Waals surface area contributed by atoms with Crippen LogP contribution in [0, 0.1) is 18.7 Å². The summed E-state index contributed by atoms with van der Waals surface area (Å²) in [7, 11) is 0. The van der Waals surface area contributed by atoms with E-state index < -0.39 is 17.3 Å². The Labute approximate surface area is 192 Å². The van der Waals surface area contributed by atoms with Gasteiger partial charge in [0.2, 0.25) is 5.91 Å². The third-order valence-electron chi connectivity index (χ3n) is 7.77. The van der Waals surface area contributed by atoms with Crippen molar-refractivity contribution in [2.45, 2.75) is 37.3 Å². The number of rotatable bonds is 3. The molecule has 2 saturated heterocycles. The fourth-order valence-electron chi connectivity index (χ4n) is 6.48. The van der Waals surface area contributed by atoms with Crippen LogP contribution in [0.4, 0.5) is 10.1 Å². The Balaban J connectivity index is 1.62. The average molecular weight is 441 g/mol. The molecular formula is C28H25FN2O2. The lowest BCUT2D eigenvalue weighted by Gasteiger charge is -2.37. The number of carbonyl (C=O) groups is 2. The van der Waals surface area contributed by atoms with Gasteiger partial charge in [0.25, 0.3) is 0 Å². The van der Waals surface area contributed by atoms with Gasteiger partial charge in [0.15, 0.2) is 5.78 Å². The molecule has 0 saturated carbocycles. The molecule has 3 aliphatic heterocycles. The first-order valence-corrected chi connectivity index (χ1v) is 11.6. The molecule has 2 fully saturated rings. The van der Waals surface area contributed by atoms with E-state index in [0.29, 0.717) is 23.4 Å². The average Bonchev–Trinajstić information content (AvgIpc) is 3.48. The topological polar surface area (TPSA) is 49.4 Å². The Hall–Kier alpha value is -3.31. The van der Waals surface area contributed by atoms with E-state index in [0.717, 1.165) is 24.0 Å². The zero-order chi connectivity index (χ0) is 22.7. The van der Waals surface area contributed by atoms with Crippen LogP contribution >= 0.6 is 0 Å². The quantitative estimate of drug-likeness (QED) is 0.581. The highest BCUT2D eigenvalue weighted by molar-refractivity contribution is 6.12. The predicted molar refractivity (Wildman–Crippen MR) is 125 cm³/mol. The molecule has 4 nitrogen and oxygen atoms in total. The van der Waals surface area contributed by atoms with Crippen molar-refractivity contribution in [3.05, 3.63) is 101 Å². The van der Waals surface area contributed by atoms with Crippen LogP contribution in [0.1, 0.15) is 45.8 Å². The summed E-state index contributed by atoms with van der Waals surface area (Å²) in [6.07, 6.45) is 1.84. The molecule has 33 heavy (non-hydrogen) atoms. The molecule has 166 valence electrons. The van der Waals surface area contributed by atoms with Crippen molar-refractivity contribution < 1.29 is 14.0 Å². The number of hydrogen-bond acceptors (Lipinski definition) is 3. The summed E-state index contributed by atoms with van der Waals surface area (Å²) in [6, 6.07) is 22.0. The van der Waals surface area contributed by atoms with Gasteiger partial charge in [-0.25, -0.2) is 4.39 Å². The van der Waals surface area contributed by atoms with E-state index in [4.69, 9.17) is 0 Å². The lowest BCUT2D eigenvalue weighted by atomic mass is 9.68. The largest absolute Gasteiger partial charge is 0.324 e. The fraction of sp³-hybridized carbons (Fsp3) is 0.286. The van der Waals surface area contributed by atoms with Crippen molar-refractivity contribution in [3.8, 4) is 0 Å². The van der Waals surface area contributed by atoms with Gasteiger partial charge in [-0.3, -0.25) is 14.5 Å². The van der Waals surface area contributed by atoms with Gasteiger partial charge < -0.3 is 5.32 Å². The van der Waals surface area contributed by atoms with Crippen molar-refractivity contribution in [2.75, 3.05) is 11.9 Å². The molecule has 6 rings (SSSR count). The third-order valence-corrected chi connectivity index (χ3v) is 7.77. The first-order valence-electron chi connectivity index (χ1n) is 11.6. The predicted octanol–water partition coefficient (Wildman–Crippen LogP) is 5.04. The first-order chi connectivity index (χ1) is 16.0. The molecular weight excluding hydrogens is 415 g/mol. The van der Waals surface area contributed by atoms with E-state index in [1.54, 1.807) is 6.07 Å². The Morgan fingerprint density at radius 2 is 1.82 bits per heavy atom. The number of fused-ring (bicyclic) bond motifs is 4. The van der Waals surface area contributed by atoms with Gasteiger partial charge in [0.1, 0.15) is 11.4 Å². The van der Waals surface area contributed by atoms with E-state index in [1.165, 1.54) is 12.1 Å². The van der Waals surface area contributed by atoms with Crippen molar-refractivity contribution in [3.63, 3.8) is 0 Å². The Morgan fingerprint density at radius 1 is 1.06 bits per heavy atom. The molecule has 3 aromatic carbocycles. The molecule has 1 spiro atoms. The number of nitrogens with one attached hydrogen (secondary N) is 1. The summed E-state index contributed by atoms with van der Waals surface area (Å²) in [5, 5.41) is 2.99. The van der Waals surface area contributed by atoms with E-state index in [1.807, 2.05) is 49.4 Å². The number of nitrogens with zero attached hydrogens (tertiary/aromatic N) is 1. The van der Waals surface area contributed by atoms with Gasteiger partial charge >= 0.3 is 0 Å². The lowest BCUT2D eigenvalue weighted by molar-refractivity contribution is -0.127. The zero-order valence-electron chi connectivity index (χ0n) is 18.4. The van der Waals surface area contributed by atoms with Crippen LogP contribution in [0.5, 0.6) is 0 Å². The summed E-state index contributed by atoms with van der Waals surface area (Å²) in [6.45, 7) is 2.69. The van der Waals surface area contributed by atoms with Gasteiger partial charge in [0.05, 0.1) is 5.92 Å². The number of hydrogen-bond donors (Lipinski definition) is 1. The molecule has 0 aliphatic carbocycles. The minimum Gasteiger partial charge on any atom is -0.324 e. The van der Waals surface area contributed by atoms with Crippen molar-refractivity contribution in [1.29, 1.82) is 0 Å². The molecule has 3 aliphatic rings. The number of anilines is 1. The van der Waals surface area contributed by atoms with Gasteiger partial charge in [-0.15, -0.1) is 0 Å². The maximum atomic E-state index is 14.5. The molecule has 5 heteroatoms. The smallest absolute Gasteiger partial charge is 0.250 e. The summed E-state index contributed by atoms with van der Waals surface area (Å²) < 4.78 is 14.5. The number of ketones is 1. The fourth-order valence-corrected chi connectivity index (χ4v) is 6.48. The molecule has 0 bridgehead atoms. The summed E-state index contributed by atoms with van der Waals surface area (Å²) in [5.74, 6) is -1.51. The second-order valence-corrected chi connectivity index (χ2v) is 9.46. The number of benzene rings is 3. The molecule has 4 atom stereocenters. The Kier molecular flexibility index (Phi) is 4.53. The van der Waals surface area contributed by atoms with Crippen LogP contribution < -0.4 is 5.32 Å². The lowest BCUT2D eigenvalue weighted by Crippen LogP contribution is -2.52. The first kappa shape index (κ1) is 20.3. The third kappa shape index (κ3) is 2.78. The maximum absolute atomic E-state index is 14.5. The van der Waals surface area contributed by atoms with Crippen LogP contribution in [0.25, 0.3) is 0 Å². The van der Waals surface area contributed by atoms with Crippen LogP contribution in [0.2, 0.25) is 0 Å². The van der Waals surface area contributed by atoms with Crippen LogP contribution in [-0.4, -0.2) is 29.2 Å². The molecule has 3 unspecified atom stereocenters. The second-order valence-electron chi connectivity index (χ2n) is 9.46.